The number of hydrogen-bond donors (Lipinski definition) is 0. The third-order valence-corrected chi connectivity index (χ3v) is 3.11. The van der Waals surface area contributed by atoms with Crippen LogP contribution in [0.3, 0.4) is 0 Å². The van der Waals surface area contributed by atoms with Crippen LogP contribution in [0.1, 0.15) is 11.1 Å². The molecule has 0 aliphatic heterocycles. The molecule has 0 atom stereocenters. The molecule has 0 unspecified atom stereocenters. The van der Waals surface area contributed by atoms with Crippen molar-refractivity contribution in [2.24, 2.45) is 0 Å². The standard InChI is InChI=1S/C15H11ClFN/c1-10-8-11(6-7-18)2-4-13(10)12-3-5-14(16)15(17)9-12/h2-5,8-9H,6H2,1H3. The molecule has 90 valence electrons. The summed E-state index contributed by atoms with van der Waals surface area (Å²) in [7, 11) is 0. The fraction of sp³-hybridized carbons (Fsp3) is 0.133. The van der Waals surface area contributed by atoms with Crippen molar-refractivity contribution in [2.45, 2.75) is 13.3 Å². The van der Waals surface area contributed by atoms with Crippen LogP contribution in [0.5, 0.6) is 0 Å². The lowest BCUT2D eigenvalue weighted by atomic mass is 9.97. The summed E-state index contributed by atoms with van der Waals surface area (Å²) in [6, 6.07) is 12.6. The minimum atomic E-state index is -0.422. The Balaban J connectivity index is 2.45. The van der Waals surface area contributed by atoms with Crippen molar-refractivity contribution in [3.8, 4) is 17.2 Å². The third kappa shape index (κ3) is 2.52. The molecule has 0 aromatic heterocycles. The Bertz CT molecular complexity index is 629. The van der Waals surface area contributed by atoms with E-state index in [1.54, 1.807) is 12.1 Å². The van der Waals surface area contributed by atoms with Gasteiger partial charge < -0.3 is 0 Å². The predicted molar refractivity (Wildman–Crippen MR) is 70.9 cm³/mol. The molecule has 2 aromatic carbocycles. The molecule has 2 aromatic rings. The van der Waals surface area contributed by atoms with Crippen LogP contribution in [0, 0.1) is 24.1 Å². The molecular formula is C15H11ClFN. The van der Waals surface area contributed by atoms with E-state index < -0.39 is 5.82 Å². The monoisotopic (exact) mass is 259 g/mol. The summed E-state index contributed by atoms with van der Waals surface area (Å²) >= 11 is 5.66. The molecule has 0 radical (unpaired) electrons. The maximum Gasteiger partial charge on any atom is 0.142 e. The van der Waals surface area contributed by atoms with Crippen LogP contribution >= 0.6 is 11.6 Å². The Hall–Kier alpha value is -1.85. The fourth-order valence-corrected chi connectivity index (χ4v) is 2.03. The maximum absolute atomic E-state index is 13.4. The molecule has 0 heterocycles. The molecule has 0 bridgehead atoms. The molecule has 3 heteroatoms. The van der Waals surface area contributed by atoms with Crippen molar-refractivity contribution >= 4 is 11.6 Å². The van der Waals surface area contributed by atoms with Crippen LogP contribution in [0.25, 0.3) is 11.1 Å². The van der Waals surface area contributed by atoms with E-state index in [1.165, 1.54) is 6.07 Å². The SMILES string of the molecule is Cc1cc(CC#N)ccc1-c1ccc(Cl)c(F)c1. The van der Waals surface area contributed by atoms with Gasteiger partial charge in [-0.05, 0) is 41.3 Å². The van der Waals surface area contributed by atoms with Crippen molar-refractivity contribution in [3.63, 3.8) is 0 Å². The summed E-state index contributed by atoms with van der Waals surface area (Å²) in [6.07, 6.45) is 0.385. The molecular weight excluding hydrogens is 249 g/mol. The molecule has 0 amide bonds. The van der Waals surface area contributed by atoms with Crippen LogP contribution < -0.4 is 0 Å². The second kappa shape index (κ2) is 5.20. The molecule has 0 aliphatic rings. The zero-order valence-electron chi connectivity index (χ0n) is 9.87. The van der Waals surface area contributed by atoms with E-state index >= 15 is 0 Å². The number of hydrogen-bond acceptors (Lipinski definition) is 1. The maximum atomic E-state index is 13.4. The number of halogens is 2. The van der Waals surface area contributed by atoms with Gasteiger partial charge in [0, 0.05) is 0 Å². The smallest absolute Gasteiger partial charge is 0.142 e. The van der Waals surface area contributed by atoms with E-state index in [9.17, 15) is 4.39 Å². The van der Waals surface area contributed by atoms with E-state index in [2.05, 4.69) is 6.07 Å². The van der Waals surface area contributed by atoms with Gasteiger partial charge in [0.2, 0.25) is 0 Å². The second-order valence-electron chi connectivity index (χ2n) is 4.11. The number of benzene rings is 2. The molecule has 0 N–H and O–H groups in total. The summed E-state index contributed by atoms with van der Waals surface area (Å²) in [5.74, 6) is -0.422. The van der Waals surface area contributed by atoms with Gasteiger partial charge in [0.25, 0.3) is 0 Å². The summed E-state index contributed by atoms with van der Waals surface area (Å²) < 4.78 is 13.4. The Morgan fingerprint density at radius 2 is 2.00 bits per heavy atom. The number of nitriles is 1. The van der Waals surface area contributed by atoms with Crippen LogP contribution in [0.15, 0.2) is 36.4 Å². The number of rotatable bonds is 2. The molecule has 1 nitrogen and oxygen atoms in total. The first-order valence-corrected chi connectivity index (χ1v) is 5.91. The zero-order chi connectivity index (χ0) is 13.1. The van der Waals surface area contributed by atoms with Crippen molar-refractivity contribution in [2.75, 3.05) is 0 Å². The number of nitrogens with zero attached hydrogens (tertiary/aromatic N) is 1. The fourth-order valence-electron chi connectivity index (χ4n) is 1.91. The van der Waals surface area contributed by atoms with Crippen molar-refractivity contribution in [3.05, 3.63) is 58.4 Å². The number of aryl methyl sites for hydroxylation is 1. The van der Waals surface area contributed by atoms with E-state index in [-0.39, 0.29) is 5.02 Å². The van der Waals surface area contributed by atoms with E-state index in [4.69, 9.17) is 16.9 Å². The lowest BCUT2D eigenvalue weighted by Gasteiger charge is -2.08. The Kier molecular flexibility index (Phi) is 3.64. The van der Waals surface area contributed by atoms with Crippen LogP contribution in [0.4, 0.5) is 4.39 Å². The minimum Gasteiger partial charge on any atom is -0.205 e. The van der Waals surface area contributed by atoms with Gasteiger partial charge in [-0.2, -0.15) is 5.26 Å². The Morgan fingerprint density at radius 3 is 2.61 bits per heavy atom. The summed E-state index contributed by atoms with van der Waals surface area (Å²) in [4.78, 5) is 0. The van der Waals surface area contributed by atoms with Gasteiger partial charge in [-0.1, -0.05) is 35.9 Å². The van der Waals surface area contributed by atoms with Gasteiger partial charge >= 0.3 is 0 Å². The molecule has 0 fully saturated rings. The van der Waals surface area contributed by atoms with E-state index in [0.717, 1.165) is 22.3 Å². The molecule has 2 rings (SSSR count). The van der Waals surface area contributed by atoms with Gasteiger partial charge in [0.15, 0.2) is 0 Å². The normalized spacial score (nSPS) is 10.1. The first-order chi connectivity index (χ1) is 8.61. The van der Waals surface area contributed by atoms with Crippen LogP contribution in [0.2, 0.25) is 5.02 Å². The Labute approximate surface area is 110 Å². The van der Waals surface area contributed by atoms with Gasteiger partial charge in [-0.25, -0.2) is 4.39 Å². The minimum absolute atomic E-state index is 0.123. The molecule has 0 saturated carbocycles. The van der Waals surface area contributed by atoms with Gasteiger partial charge in [0.1, 0.15) is 5.82 Å². The van der Waals surface area contributed by atoms with Crippen molar-refractivity contribution in [1.29, 1.82) is 5.26 Å². The molecule has 0 aliphatic carbocycles. The molecule has 0 saturated heterocycles. The highest BCUT2D eigenvalue weighted by Gasteiger charge is 2.06. The van der Waals surface area contributed by atoms with Gasteiger partial charge in [-0.3, -0.25) is 0 Å². The zero-order valence-corrected chi connectivity index (χ0v) is 10.6. The van der Waals surface area contributed by atoms with Gasteiger partial charge in [-0.15, -0.1) is 0 Å². The summed E-state index contributed by atoms with van der Waals surface area (Å²) in [6.45, 7) is 1.95. The molecule has 18 heavy (non-hydrogen) atoms. The highest BCUT2D eigenvalue weighted by Crippen LogP contribution is 2.27. The average molecular weight is 260 g/mol. The van der Waals surface area contributed by atoms with Crippen molar-refractivity contribution in [1.82, 2.24) is 0 Å². The first-order valence-electron chi connectivity index (χ1n) is 5.53. The first kappa shape index (κ1) is 12.6. The largest absolute Gasteiger partial charge is 0.205 e. The molecule has 0 spiro atoms. The van der Waals surface area contributed by atoms with E-state index in [0.29, 0.717) is 6.42 Å². The highest BCUT2D eigenvalue weighted by atomic mass is 35.5. The average Bonchev–Trinajstić information content (AvgIpc) is 2.34. The lowest BCUT2D eigenvalue weighted by molar-refractivity contribution is 0.629. The van der Waals surface area contributed by atoms with E-state index in [1.807, 2.05) is 25.1 Å². The van der Waals surface area contributed by atoms with Gasteiger partial charge in [0.05, 0.1) is 17.5 Å². The lowest BCUT2D eigenvalue weighted by Crippen LogP contribution is -1.89. The third-order valence-electron chi connectivity index (χ3n) is 2.80. The topological polar surface area (TPSA) is 23.8 Å². The summed E-state index contributed by atoms with van der Waals surface area (Å²) in [5, 5.41) is 8.77. The Morgan fingerprint density at radius 1 is 1.22 bits per heavy atom. The van der Waals surface area contributed by atoms with Crippen molar-refractivity contribution < 1.29 is 4.39 Å². The highest BCUT2D eigenvalue weighted by molar-refractivity contribution is 6.30. The van der Waals surface area contributed by atoms with Crippen LogP contribution in [-0.2, 0) is 6.42 Å². The quantitative estimate of drug-likeness (QED) is 0.778. The second-order valence-corrected chi connectivity index (χ2v) is 4.52. The van der Waals surface area contributed by atoms with Crippen LogP contribution in [-0.4, -0.2) is 0 Å². The summed E-state index contributed by atoms with van der Waals surface area (Å²) in [5.41, 5.74) is 3.72. The predicted octanol–water partition coefficient (Wildman–Crippen LogP) is 4.52.